The van der Waals surface area contributed by atoms with Gasteiger partial charge in [-0.05, 0) is 18.8 Å². The van der Waals surface area contributed by atoms with Crippen LogP contribution in [0.4, 0.5) is 0 Å². The minimum Gasteiger partial charge on any atom is -0.362 e. The van der Waals surface area contributed by atoms with Crippen LogP contribution in [0.1, 0.15) is 80.1 Å². The molecule has 1 heterocycles. The molecule has 1 atom stereocenters. The molecule has 150 valence electrons. The molecule has 1 unspecified atom stereocenters. The summed E-state index contributed by atoms with van der Waals surface area (Å²) in [6, 6.07) is 0. The number of carbonyl (C=O) groups excluding carboxylic acids is 3. The molecule has 6 heteroatoms. The molecule has 0 bridgehead atoms. The highest BCUT2D eigenvalue weighted by molar-refractivity contribution is 7.81. The molecule has 2 aliphatic rings. The number of nitrogens with zero attached hydrogens (tertiary/aromatic N) is 1. The molecule has 0 aromatic carbocycles. The molecule has 3 amide bonds. The van der Waals surface area contributed by atoms with E-state index in [4.69, 9.17) is 4.79 Å². The van der Waals surface area contributed by atoms with Gasteiger partial charge in [-0.15, -0.1) is 0 Å². The average molecular weight is 377 g/mol. The van der Waals surface area contributed by atoms with E-state index in [0.717, 1.165) is 12.8 Å². The first-order valence-electron chi connectivity index (χ1n) is 9.73. The molecule has 2 rings (SSSR count). The van der Waals surface area contributed by atoms with E-state index in [1.807, 2.05) is 41.5 Å². The fraction of sp³-hybridized carbons (Fsp3) is 0.842. The molecule has 1 aliphatic carbocycles. The maximum atomic E-state index is 11.6. The summed E-state index contributed by atoms with van der Waals surface area (Å²) in [5.41, 5.74) is 0. The summed E-state index contributed by atoms with van der Waals surface area (Å²) in [5.74, 6) is 0.407. The van der Waals surface area contributed by atoms with E-state index in [-0.39, 0.29) is 23.5 Å². The molecule has 1 aliphatic heterocycles. The number of likely N-dealkylation sites (tertiary alicyclic amines) is 1. The highest BCUT2D eigenvalue weighted by Gasteiger charge is 2.37. The van der Waals surface area contributed by atoms with E-state index in [2.05, 4.69) is 17.9 Å². The smallest absolute Gasteiger partial charge is 0.242 e. The second-order valence-corrected chi connectivity index (χ2v) is 5.60. The van der Waals surface area contributed by atoms with Crippen LogP contribution >= 0.6 is 12.6 Å². The fourth-order valence-corrected chi connectivity index (χ4v) is 2.78. The lowest BCUT2D eigenvalue weighted by Crippen LogP contribution is -2.36. The van der Waals surface area contributed by atoms with Crippen LogP contribution in [0.25, 0.3) is 0 Å². The van der Waals surface area contributed by atoms with Crippen molar-refractivity contribution in [2.24, 2.45) is 5.92 Å². The molecule has 1 saturated heterocycles. The Morgan fingerprint density at radius 3 is 1.80 bits per heavy atom. The number of carbonyl (C=O) groups is 3. The topological polar surface area (TPSA) is 66.5 Å². The summed E-state index contributed by atoms with van der Waals surface area (Å²) in [6.45, 7) is 12.6. The predicted octanol–water partition coefficient (Wildman–Crippen LogP) is 4.06. The van der Waals surface area contributed by atoms with Crippen LogP contribution in [0.2, 0.25) is 0 Å². The molecule has 2 fully saturated rings. The van der Waals surface area contributed by atoms with Crippen molar-refractivity contribution < 1.29 is 14.4 Å². The summed E-state index contributed by atoms with van der Waals surface area (Å²) in [5, 5.41) is 1.86. The first-order chi connectivity index (χ1) is 12.1. The van der Waals surface area contributed by atoms with E-state index in [0.29, 0.717) is 18.9 Å². The number of hydrogen-bond acceptors (Lipinski definition) is 4. The standard InChI is InChI=1S/C11H17NO2S.C2H5NO.3C2H6/c13-10-6-9(15)11(14)12(10)7-8-4-2-1-3-5-8;1-3-2-4;3*1-2/h8-9,15H,1-7H2;2H,1H3,(H,3,4);3*1-2H3. The van der Waals surface area contributed by atoms with Crippen molar-refractivity contribution in [3.8, 4) is 0 Å². The largest absolute Gasteiger partial charge is 0.362 e. The van der Waals surface area contributed by atoms with Crippen molar-refractivity contribution in [2.45, 2.75) is 85.3 Å². The molecular weight excluding hydrogens is 336 g/mol. The number of amides is 3. The Hall–Kier alpha value is -1.04. The monoisotopic (exact) mass is 376 g/mol. The van der Waals surface area contributed by atoms with Gasteiger partial charge in [0.1, 0.15) is 0 Å². The van der Waals surface area contributed by atoms with Gasteiger partial charge in [-0.25, -0.2) is 0 Å². The zero-order valence-corrected chi connectivity index (χ0v) is 18.2. The van der Waals surface area contributed by atoms with Crippen LogP contribution in [-0.4, -0.2) is 42.0 Å². The van der Waals surface area contributed by atoms with Gasteiger partial charge in [0.25, 0.3) is 0 Å². The highest BCUT2D eigenvalue weighted by atomic mass is 32.1. The third kappa shape index (κ3) is 12.9. The lowest BCUT2D eigenvalue weighted by molar-refractivity contribution is -0.139. The molecule has 25 heavy (non-hydrogen) atoms. The van der Waals surface area contributed by atoms with Crippen molar-refractivity contribution in [3.63, 3.8) is 0 Å². The molecule has 1 saturated carbocycles. The van der Waals surface area contributed by atoms with E-state index in [9.17, 15) is 9.59 Å². The molecular formula is C19H40N2O3S. The first kappa shape index (κ1) is 28.8. The predicted molar refractivity (Wildman–Crippen MR) is 110 cm³/mol. The maximum absolute atomic E-state index is 11.6. The van der Waals surface area contributed by atoms with Crippen LogP contribution in [0.15, 0.2) is 0 Å². The number of rotatable bonds is 3. The zero-order chi connectivity index (χ0) is 20.3. The van der Waals surface area contributed by atoms with Gasteiger partial charge in [-0.2, -0.15) is 12.6 Å². The number of hydrogen-bond donors (Lipinski definition) is 2. The normalized spacial score (nSPS) is 18.9. The Kier molecular flexibility index (Phi) is 24.2. The van der Waals surface area contributed by atoms with Crippen molar-refractivity contribution in [2.75, 3.05) is 13.6 Å². The van der Waals surface area contributed by atoms with E-state index >= 15 is 0 Å². The maximum Gasteiger partial charge on any atom is 0.242 e. The molecule has 0 spiro atoms. The van der Waals surface area contributed by atoms with Crippen molar-refractivity contribution >= 4 is 30.9 Å². The molecule has 1 N–H and O–H groups in total. The Balaban J connectivity index is -0.000000412. The van der Waals surface area contributed by atoms with Gasteiger partial charge < -0.3 is 5.32 Å². The molecule has 5 nitrogen and oxygen atoms in total. The Labute approximate surface area is 160 Å². The summed E-state index contributed by atoms with van der Waals surface area (Å²) in [4.78, 5) is 33.6. The first-order valence-corrected chi connectivity index (χ1v) is 10.2. The second-order valence-electron chi connectivity index (χ2n) is 4.97. The highest BCUT2D eigenvalue weighted by Crippen LogP contribution is 2.27. The summed E-state index contributed by atoms with van der Waals surface area (Å²) >= 11 is 4.11. The summed E-state index contributed by atoms with van der Waals surface area (Å²) in [7, 11) is 1.56. The molecule has 0 radical (unpaired) electrons. The van der Waals surface area contributed by atoms with Gasteiger partial charge in [-0.3, -0.25) is 19.3 Å². The van der Waals surface area contributed by atoms with Crippen LogP contribution in [0, 0.1) is 5.92 Å². The van der Waals surface area contributed by atoms with Gasteiger partial charge in [0.2, 0.25) is 18.2 Å². The van der Waals surface area contributed by atoms with Gasteiger partial charge >= 0.3 is 0 Å². The lowest BCUT2D eigenvalue weighted by Gasteiger charge is -2.25. The van der Waals surface area contributed by atoms with Crippen molar-refractivity contribution in [3.05, 3.63) is 0 Å². The second kappa shape index (κ2) is 21.0. The SMILES string of the molecule is CC.CC.CC.CNC=O.O=C1CC(S)C(=O)N1CC1CCCCC1. The minimum absolute atomic E-state index is 0.0365. The molecule has 0 aromatic heterocycles. The third-order valence-corrected chi connectivity index (χ3v) is 3.91. The van der Waals surface area contributed by atoms with Crippen molar-refractivity contribution in [1.29, 1.82) is 0 Å². The Bertz CT molecular complexity index is 333. The van der Waals surface area contributed by atoms with Crippen LogP contribution in [0.5, 0.6) is 0 Å². The fourth-order valence-electron chi connectivity index (χ4n) is 2.49. The van der Waals surface area contributed by atoms with E-state index < -0.39 is 0 Å². The minimum atomic E-state index is -0.388. The van der Waals surface area contributed by atoms with E-state index in [1.54, 1.807) is 7.05 Å². The Morgan fingerprint density at radius 2 is 1.48 bits per heavy atom. The van der Waals surface area contributed by atoms with Gasteiger partial charge in [0.05, 0.1) is 5.25 Å². The van der Waals surface area contributed by atoms with E-state index in [1.165, 1.54) is 24.2 Å². The average Bonchev–Trinajstić information content (AvgIpc) is 2.94. The summed E-state index contributed by atoms with van der Waals surface area (Å²) in [6.07, 6.45) is 7.02. The Morgan fingerprint density at radius 1 is 1.04 bits per heavy atom. The quantitative estimate of drug-likeness (QED) is 0.443. The summed E-state index contributed by atoms with van der Waals surface area (Å²) < 4.78 is 0. The van der Waals surface area contributed by atoms with Gasteiger partial charge in [0.15, 0.2) is 0 Å². The van der Waals surface area contributed by atoms with Crippen LogP contribution < -0.4 is 5.32 Å². The third-order valence-electron chi connectivity index (χ3n) is 3.50. The number of nitrogens with one attached hydrogen (secondary N) is 1. The number of imide groups is 1. The van der Waals surface area contributed by atoms with Gasteiger partial charge in [-0.1, -0.05) is 60.8 Å². The number of thiol groups is 1. The lowest BCUT2D eigenvalue weighted by atomic mass is 9.89. The van der Waals surface area contributed by atoms with Crippen LogP contribution in [-0.2, 0) is 14.4 Å². The van der Waals surface area contributed by atoms with Crippen molar-refractivity contribution in [1.82, 2.24) is 10.2 Å². The zero-order valence-electron chi connectivity index (χ0n) is 17.3. The van der Waals surface area contributed by atoms with Crippen LogP contribution in [0.3, 0.4) is 0 Å². The molecule has 0 aromatic rings. The van der Waals surface area contributed by atoms with Gasteiger partial charge in [0, 0.05) is 20.0 Å².